The summed E-state index contributed by atoms with van der Waals surface area (Å²) in [4.78, 5) is 2.27. The molecule has 1 saturated carbocycles. The van der Waals surface area contributed by atoms with Gasteiger partial charge in [-0.2, -0.15) is 0 Å². The van der Waals surface area contributed by atoms with Crippen LogP contribution in [-0.2, 0) is 11.2 Å². The van der Waals surface area contributed by atoms with E-state index in [1.165, 1.54) is 18.4 Å². The second-order valence-electron chi connectivity index (χ2n) is 7.20. The number of benzene rings is 1. The molecule has 1 heterocycles. The molecule has 0 spiro atoms. The summed E-state index contributed by atoms with van der Waals surface area (Å²) in [5.74, 6) is 1.50. The van der Waals surface area contributed by atoms with E-state index in [4.69, 9.17) is 14.2 Å². The second-order valence-corrected chi connectivity index (χ2v) is 9.02. The highest BCUT2D eigenvalue weighted by Crippen LogP contribution is 2.42. The predicted octanol–water partition coefficient (Wildman–Crippen LogP) is 3.75. The average Bonchev–Trinajstić information content (AvgIpc) is 3.07. The Hall–Kier alpha value is -0.570. The standard InChI is InChI=1S/C20H30INO4/c1-24-16-9-8-15(14-17(16)25-2)10-13-26-20(21)11-4-3-6-18(20)22-12-5-7-19(22)23/h8-9,14,18-19,23H,3-7,10-13H2,1-2H3/t18-,19?,20+/m1/s1. The number of ether oxygens (including phenoxy) is 3. The lowest BCUT2D eigenvalue weighted by atomic mass is 9.91. The SMILES string of the molecule is COc1ccc(CCO[C@@]2(I)CCCC[C@H]2N2CCCC2O)cc1OC. The number of hydrogen-bond acceptors (Lipinski definition) is 5. The van der Waals surface area contributed by atoms with Gasteiger partial charge in [-0.1, -0.05) is 12.5 Å². The van der Waals surface area contributed by atoms with Gasteiger partial charge >= 0.3 is 0 Å². The van der Waals surface area contributed by atoms with Crippen LogP contribution in [-0.4, -0.2) is 53.3 Å². The van der Waals surface area contributed by atoms with Crippen molar-refractivity contribution in [1.82, 2.24) is 4.90 Å². The highest BCUT2D eigenvalue weighted by atomic mass is 127. The van der Waals surface area contributed by atoms with Crippen LogP contribution in [0.25, 0.3) is 0 Å². The van der Waals surface area contributed by atoms with Crippen molar-refractivity contribution in [3.05, 3.63) is 23.8 Å². The third kappa shape index (κ3) is 4.46. The minimum atomic E-state index is -0.304. The molecule has 3 rings (SSSR count). The lowest BCUT2D eigenvalue weighted by Gasteiger charge is -2.45. The van der Waals surface area contributed by atoms with E-state index in [9.17, 15) is 5.11 Å². The average molecular weight is 475 g/mol. The van der Waals surface area contributed by atoms with E-state index in [0.717, 1.165) is 50.1 Å². The molecule has 0 aromatic heterocycles. The molecule has 1 saturated heterocycles. The van der Waals surface area contributed by atoms with E-state index in [2.05, 4.69) is 33.6 Å². The second kappa shape index (κ2) is 9.08. The summed E-state index contributed by atoms with van der Waals surface area (Å²) >= 11 is 2.50. The quantitative estimate of drug-likeness (QED) is 0.481. The van der Waals surface area contributed by atoms with Gasteiger partial charge in [-0.3, -0.25) is 4.90 Å². The molecule has 1 aliphatic heterocycles. The summed E-state index contributed by atoms with van der Waals surface area (Å²) in [6, 6.07) is 6.33. The van der Waals surface area contributed by atoms with Gasteiger partial charge < -0.3 is 19.3 Å². The van der Waals surface area contributed by atoms with Gasteiger partial charge in [0.15, 0.2) is 11.5 Å². The Labute approximate surface area is 170 Å². The van der Waals surface area contributed by atoms with Crippen molar-refractivity contribution in [2.24, 2.45) is 0 Å². The maximum absolute atomic E-state index is 10.3. The number of likely N-dealkylation sites (tertiary alicyclic amines) is 1. The summed E-state index contributed by atoms with van der Waals surface area (Å²) in [5.41, 5.74) is 1.18. The van der Waals surface area contributed by atoms with E-state index in [-0.39, 0.29) is 9.84 Å². The molecular formula is C20H30INO4. The summed E-state index contributed by atoms with van der Waals surface area (Å²) in [5, 5.41) is 10.3. The lowest BCUT2D eigenvalue weighted by Crippen LogP contribution is -2.54. The number of methoxy groups -OCH3 is 2. The highest BCUT2D eigenvalue weighted by Gasteiger charge is 2.45. The molecule has 0 amide bonds. The van der Waals surface area contributed by atoms with Crippen LogP contribution in [0.1, 0.15) is 44.1 Å². The van der Waals surface area contributed by atoms with Crippen LogP contribution >= 0.6 is 22.6 Å². The fourth-order valence-electron chi connectivity index (χ4n) is 4.18. The smallest absolute Gasteiger partial charge is 0.160 e. The Balaban J connectivity index is 1.61. The molecule has 1 aliphatic carbocycles. The van der Waals surface area contributed by atoms with Crippen molar-refractivity contribution in [1.29, 1.82) is 0 Å². The zero-order valence-electron chi connectivity index (χ0n) is 15.7. The Kier molecular flexibility index (Phi) is 7.05. The summed E-state index contributed by atoms with van der Waals surface area (Å²) in [7, 11) is 3.31. The lowest BCUT2D eigenvalue weighted by molar-refractivity contribution is -0.0864. The molecule has 1 aromatic carbocycles. The zero-order valence-corrected chi connectivity index (χ0v) is 17.9. The number of aliphatic hydroxyl groups excluding tert-OH is 1. The monoisotopic (exact) mass is 475 g/mol. The molecule has 0 bridgehead atoms. The van der Waals surface area contributed by atoms with Crippen LogP contribution in [0.5, 0.6) is 11.5 Å². The molecule has 26 heavy (non-hydrogen) atoms. The Bertz CT molecular complexity index is 599. The van der Waals surface area contributed by atoms with E-state index >= 15 is 0 Å². The first-order valence-electron chi connectivity index (χ1n) is 9.55. The molecule has 3 atom stereocenters. The Morgan fingerprint density at radius 3 is 2.65 bits per heavy atom. The molecule has 1 unspecified atom stereocenters. The zero-order chi connectivity index (χ0) is 18.6. The first-order valence-corrected chi connectivity index (χ1v) is 10.6. The maximum Gasteiger partial charge on any atom is 0.160 e. The summed E-state index contributed by atoms with van der Waals surface area (Å²) < 4.78 is 16.9. The number of alkyl halides is 1. The van der Waals surface area contributed by atoms with Gasteiger partial charge in [0.2, 0.25) is 0 Å². The molecule has 1 N–H and O–H groups in total. The Morgan fingerprint density at radius 1 is 1.15 bits per heavy atom. The topological polar surface area (TPSA) is 51.2 Å². The minimum absolute atomic E-state index is 0.210. The van der Waals surface area contributed by atoms with Gasteiger partial charge in [0, 0.05) is 6.54 Å². The number of hydrogen-bond donors (Lipinski definition) is 1. The number of aliphatic hydroxyl groups is 1. The van der Waals surface area contributed by atoms with Gasteiger partial charge in [-0.25, -0.2) is 0 Å². The molecule has 0 radical (unpaired) electrons. The fourth-order valence-corrected chi connectivity index (χ4v) is 5.45. The first kappa shape index (κ1) is 20.2. The van der Waals surface area contributed by atoms with E-state index in [1.54, 1.807) is 14.2 Å². The van der Waals surface area contributed by atoms with Gasteiger partial charge in [-0.05, 0) is 78.8 Å². The largest absolute Gasteiger partial charge is 0.493 e. The number of rotatable bonds is 7. The van der Waals surface area contributed by atoms with Crippen molar-refractivity contribution in [2.45, 2.75) is 60.8 Å². The van der Waals surface area contributed by atoms with Crippen LogP contribution in [0.3, 0.4) is 0 Å². The summed E-state index contributed by atoms with van der Waals surface area (Å²) in [6.45, 7) is 1.65. The van der Waals surface area contributed by atoms with Gasteiger partial charge in [0.25, 0.3) is 0 Å². The van der Waals surface area contributed by atoms with Crippen LogP contribution in [0.2, 0.25) is 0 Å². The van der Waals surface area contributed by atoms with Crippen molar-refractivity contribution in [2.75, 3.05) is 27.4 Å². The molecular weight excluding hydrogens is 445 g/mol. The van der Waals surface area contributed by atoms with E-state index in [1.807, 2.05) is 12.1 Å². The predicted molar refractivity (Wildman–Crippen MR) is 110 cm³/mol. The maximum atomic E-state index is 10.3. The normalized spacial score (nSPS) is 29.7. The molecule has 2 fully saturated rings. The van der Waals surface area contributed by atoms with Crippen LogP contribution in [0.4, 0.5) is 0 Å². The van der Waals surface area contributed by atoms with Crippen molar-refractivity contribution < 1.29 is 19.3 Å². The van der Waals surface area contributed by atoms with Crippen LogP contribution < -0.4 is 9.47 Å². The third-order valence-electron chi connectivity index (χ3n) is 5.59. The van der Waals surface area contributed by atoms with E-state index in [0.29, 0.717) is 12.6 Å². The van der Waals surface area contributed by atoms with Gasteiger partial charge in [-0.15, -0.1) is 0 Å². The van der Waals surface area contributed by atoms with Crippen molar-refractivity contribution in [3.8, 4) is 11.5 Å². The van der Waals surface area contributed by atoms with Crippen LogP contribution in [0.15, 0.2) is 18.2 Å². The minimum Gasteiger partial charge on any atom is -0.493 e. The molecule has 6 heteroatoms. The van der Waals surface area contributed by atoms with Gasteiger partial charge in [0.1, 0.15) is 9.84 Å². The molecule has 1 aromatic rings. The highest BCUT2D eigenvalue weighted by molar-refractivity contribution is 14.1. The molecule has 5 nitrogen and oxygen atoms in total. The van der Waals surface area contributed by atoms with Gasteiger partial charge in [0.05, 0.1) is 26.9 Å². The van der Waals surface area contributed by atoms with E-state index < -0.39 is 0 Å². The first-order chi connectivity index (χ1) is 12.6. The molecule has 146 valence electrons. The number of nitrogens with zero attached hydrogens (tertiary/aromatic N) is 1. The fraction of sp³-hybridized carbons (Fsp3) is 0.700. The molecule has 2 aliphatic rings. The van der Waals surface area contributed by atoms with Crippen molar-refractivity contribution >= 4 is 22.6 Å². The summed E-state index contributed by atoms with van der Waals surface area (Å²) in [6.07, 6.45) is 7.06. The van der Waals surface area contributed by atoms with Crippen molar-refractivity contribution in [3.63, 3.8) is 0 Å². The Morgan fingerprint density at radius 2 is 1.96 bits per heavy atom. The number of halogens is 1. The third-order valence-corrected chi connectivity index (χ3v) is 7.16. The van der Waals surface area contributed by atoms with Crippen LogP contribution in [0, 0.1) is 0 Å².